The smallest absolute Gasteiger partial charge is 0.475 e. The number of fused-ring (bicyclic) bond motifs is 2. The average Bonchev–Trinajstić information content (AvgIpc) is 2.59. The van der Waals surface area contributed by atoms with Gasteiger partial charge in [-0.05, 0) is 48.2 Å². The Morgan fingerprint density at radius 1 is 1.11 bits per heavy atom. The predicted octanol–water partition coefficient (Wildman–Crippen LogP) is 2.92. The van der Waals surface area contributed by atoms with Crippen molar-refractivity contribution in [1.29, 1.82) is 5.41 Å². The van der Waals surface area contributed by atoms with E-state index in [-0.39, 0.29) is 11.8 Å². The van der Waals surface area contributed by atoms with Gasteiger partial charge in [0, 0.05) is 5.56 Å². The number of rotatable bonds is 1. The van der Waals surface area contributed by atoms with Gasteiger partial charge in [-0.2, -0.15) is 13.2 Å². The second-order valence-electron chi connectivity index (χ2n) is 5.59. The summed E-state index contributed by atoms with van der Waals surface area (Å²) in [5, 5.41) is 14.6. The highest BCUT2D eigenvalue weighted by atomic mass is 19.4. The van der Waals surface area contributed by atoms with Crippen LogP contribution in [0.4, 0.5) is 13.2 Å². The number of hydrogen-bond acceptors (Lipinski definition) is 4. The van der Waals surface area contributed by atoms with Gasteiger partial charge in [0.05, 0.1) is 5.56 Å². The molecule has 0 unspecified atom stereocenters. The zero-order valence-electron chi connectivity index (χ0n) is 13.8. The van der Waals surface area contributed by atoms with Crippen molar-refractivity contribution in [2.24, 2.45) is 5.73 Å². The van der Waals surface area contributed by atoms with Crippen LogP contribution in [-0.2, 0) is 17.6 Å². The van der Waals surface area contributed by atoms with Gasteiger partial charge in [-0.1, -0.05) is 18.2 Å². The SMILES string of the molecule is N=C(N)c1ccc2c(c1)CCc1ccccc1C(=O)O2.O=C(O)C(F)(F)F. The van der Waals surface area contributed by atoms with Crippen LogP contribution in [0.25, 0.3) is 0 Å². The summed E-state index contributed by atoms with van der Waals surface area (Å²) in [6, 6.07) is 12.7. The molecule has 0 fully saturated rings. The first-order chi connectivity index (χ1) is 12.6. The molecule has 6 nitrogen and oxygen atoms in total. The van der Waals surface area contributed by atoms with Gasteiger partial charge >= 0.3 is 18.1 Å². The molecule has 0 saturated heterocycles. The van der Waals surface area contributed by atoms with Gasteiger partial charge in [-0.25, -0.2) is 9.59 Å². The number of nitrogen functional groups attached to an aromatic ring is 1. The molecule has 2 aromatic rings. The molecule has 0 radical (unpaired) electrons. The fourth-order valence-corrected chi connectivity index (χ4v) is 2.40. The van der Waals surface area contributed by atoms with E-state index in [9.17, 15) is 18.0 Å². The molecule has 1 aliphatic rings. The van der Waals surface area contributed by atoms with Gasteiger partial charge < -0.3 is 15.6 Å². The summed E-state index contributed by atoms with van der Waals surface area (Å²) in [5.74, 6) is -2.53. The zero-order chi connectivity index (χ0) is 20.2. The number of carbonyl (C=O) groups is 2. The van der Waals surface area contributed by atoms with Crippen LogP contribution in [0.15, 0.2) is 42.5 Å². The first-order valence-electron chi connectivity index (χ1n) is 7.67. The Hall–Kier alpha value is -3.36. The number of ether oxygens (including phenoxy) is 1. The van der Waals surface area contributed by atoms with Gasteiger partial charge in [-0.15, -0.1) is 0 Å². The maximum absolute atomic E-state index is 12.2. The van der Waals surface area contributed by atoms with Gasteiger partial charge in [-0.3, -0.25) is 5.41 Å². The summed E-state index contributed by atoms with van der Waals surface area (Å²) in [5.41, 5.74) is 8.65. The molecule has 142 valence electrons. The van der Waals surface area contributed by atoms with Crippen molar-refractivity contribution in [1.82, 2.24) is 0 Å². The van der Waals surface area contributed by atoms with Crippen molar-refractivity contribution in [3.05, 3.63) is 64.7 Å². The van der Waals surface area contributed by atoms with Crippen LogP contribution in [0.1, 0.15) is 27.0 Å². The van der Waals surface area contributed by atoms with E-state index in [4.69, 9.17) is 25.8 Å². The van der Waals surface area contributed by atoms with E-state index < -0.39 is 12.1 Å². The number of amidine groups is 1. The lowest BCUT2D eigenvalue weighted by molar-refractivity contribution is -0.192. The van der Waals surface area contributed by atoms with Crippen LogP contribution in [0.3, 0.4) is 0 Å². The fourth-order valence-electron chi connectivity index (χ4n) is 2.40. The summed E-state index contributed by atoms with van der Waals surface area (Å²) in [6.45, 7) is 0. The zero-order valence-corrected chi connectivity index (χ0v) is 13.8. The van der Waals surface area contributed by atoms with E-state index in [1.807, 2.05) is 24.3 Å². The Morgan fingerprint density at radius 2 is 1.70 bits per heavy atom. The highest BCUT2D eigenvalue weighted by Crippen LogP contribution is 2.26. The van der Waals surface area contributed by atoms with E-state index in [2.05, 4.69) is 0 Å². The van der Waals surface area contributed by atoms with Crippen LogP contribution in [0, 0.1) is 5.41 Å². The number of carbonyl (C=O) groups excluding carboxylic acids is 1. The molecular weight excluding hydrogens is 365 g/mol. The molecule has 1 heterocycles. The van der Waals surface area contributed by atoms with Crippen LogP contribution in [0.5, 0.6) is 5.75 Å². The number of nitrogens with one attached hydrogen (secondary N) is 1. The standard InChI is InChI=1S/C16H14N2O2.C2HF3O2/c17-15(18)12-7-8-14-11(9-12)6-5-10-3-1-2-4-13(10)16(19)20-14;3-2(4,5)1(6)7/h1-4,7-9H,5-6H2,(H3,17,18);(H,6,7). The third kappa shape index (κ3) is 5.06. The predicted molar refractivity (Wildman–Crippen MR) is 90.0 cm³/mol. The van der Waals surface area contributed by atoms with Crippen LogP contribution >= 0.6 is 0 Å². The highest BCUT2D eigenvalue weighted by molar-refractivity contribution is 5.96. The van der Waals surface area contributed by atoms with Crippen molar-refractivity contribution < 1.29 is 32.6 Å². The van der Waals surface area contributed by atoms with Crippen LogP contribution in [0.2, 0.25) is 0 Å². The third-order valence-electron chi connectivity index (χ3n) is 3.72. The second-order valence-corrected chi connectivity index (χ2v) is 5.59. The minimum Gasteiger partial charge on any atom is -0.475 e. The molecule has 0 spiro atoms. The van der Waals surface area contributed by atoms with Gasteiger partial charge in [0.2, 0.25) is 0 Å². The summed E-state index contributed by atoms with van der Waals surface area (Å²) in [4.78, 5) is 21.0. The summed E-state index contributed by atoms with van der Waals surface area (Å²) in [6.07, 6.45) is -3.57. The Morgan fingerprint density at radius 3 is 2.30 bits per heavy atom. The molecule has 0 bridgehead atoms. The van der Waals surface area contributed by atoms with Crippen molar-refractivity contribution in [2.75, 3.05) is 0 Å². The molecule has 2 aromatic carbocycles. The van der Waals surface area contributed by atoms with Crippen LogP contribution in [-0.4, -0.2) is 29.1 Å². The lowest BCUT2D eigenvalue weighted by Crippen LogP contribution is -2.21. The summed E-state index contributed by atoms with van der Waals surface area (Å²) in [7, 11) is 0. The number of nitrogens with two attached hydrogens (primary N) is 1. The Bertz CT molecular complexity index is 894. The second kappa shape index (κ2) is 7.90. The number of halogens is 3. The van der Waals surface area contributed by atoms with Gasteiger partial charge in [0.25, 0.3) is 0 Å². The topological polar surface area (TPSA) is 113 Å². The van der Waals surface area contributed by atoms with Gasteiger partial charge in [0.1, 0.15) is 11.6 Å². The quantitative estimate of drug-likeness (QED) is 0.305. The Balaban J connectivity index is 0.000000321. The molecular formula is C18H15F3N2O4. The maximum Gasteiger partial charge on any atom is 0.490 e. The lowest BCUT2D eigenvalue weighted by Gasteiger charge is -2.17. The number of carboxylic acids is 1. The summed E-state index contributed by atoms with van der Waals surface area (Å²) >= 11 is 0. The minimum atomic E-state index is -5.08. The average molecular weight is 380 g/mol. The number of alkyl halides is 3. The third-order valence-corrected chi connectivity index (χ3v) is 3.72. The molecule has 0 aliphatic carbocycles. The van der Waals surface area contributed by atoms with Gasteiger partial charge in [0.15, 0.2) is 0 Å². The molecule has 0 saturated carbocycles. The first kappa shape index (κ1) is 20.0. The largest absolute Gasteiger partial charge is 0.490 e. The molecule has 0 amide bonds. The van der Waals surface area contributed by atoms with E-state index in [0.29, 0.717) is 16.9 Å². The fraction of sp³-hybridized carbons (Fsp3) is 0.167. The highest BCUT2D eigenvalue weighted by Gasteiger charge is 2.38. The number of esters is 1. The molecule has 0 atom stereocenters. The number of benzene rings is 2. The lowest BCUT2D eigenvalue weighted by atomic mass is 9.96. The van der Waals surface area contributed by atoms with Crippen molar-refractivity contribution in [3.8, 4) is 5.75 Å². The normalized spacial score (nSPS) is 12.9. The Kier molecular flexibility index (Phi) is 5.84. The van der Waals surface area contributed by atoms with E-state index in [1.54, 1.807) is 18.2 Å². The Labute approximate surface area is 151 Å². The molecule has 1 aliphatic heterocycles. The monoisotopic (exact) mass is 380 g/mol. The van der Waals surface area contributed by atoms with Crippen LogP contribution < -0.4 is 10.5 Å². The van der Waals surface area contributed by atoms with E-state index in [0.717, 1.165) is 24.0 Å². The maximum atomic E-state index is 12.2. The number of carboxylic acid groups (broad SMARTS) is 1. The molecule has 0 aromatic heterocycles. The number of aryl methyl sites for hydroxylation is 2. The minimum absolute atomic E-state index is 0.0154. The molecule has 3 rings (SSSR count). The van der Waals surface area contributed by atoms with E-state index >= 15 is 0 Å². The first-order valence-corrected chi connectivity index (χ1v) is 7.67. The number of hydrogen-bond donors (Lipinski definition) is 3. The summed E-state index contributed by atoms with van der Waals surface area (Å²) < 4.78 is 37.2. The number of aliphatic carboxylic acids is 1. The molecule has 27 heavy (non-hydrogen) atoms. The van der Waals surface area contributed by atoms with E-state index in [1.165, 1.54) is 0 Å². The van der Waals surface area contributed by atoms with Crippen molar-refractivity contribution >= 4 is 17.8 Å². The van der Waals surface area contributed by atoms with Crippen molar-refractivity contribution in [3.63, 3.8) is 0 Å². The molecule has 4 N–H and O–H groups in total. The molecule has 9 heteroatoms. The van der Waals surface area contributed by atoms with Crippen molar-refractivity contribution in [2.45, 2.75) is 19.0 Å².